The van der Waals surface area contributed by atoms with Crippen molar-refractivity contribution < 1.29 is 4.79 Å². The summed E-state index contributed by atoms with van der Waals surface area (Å²) in [5.41, 5.74) is 8.31. The van der Waals surface area contributed by atoms with Crippen LogP contribution in [-0.4, -0.2) is 13.0 Å². The van der Waals surface area contributed by atoms with Crippen molar-refractivity contribution in [2.45, 2.75) is 18.8 Å². The van der Waals surface area contributed by atoms with Crippen molar-refractivity contribution in [1.82, 2.24) is 5.32 Å². The van der Waals surface area contributed by atoms with E-state index >= 15 is 0 Å². The number of nitrogen functional groups attached to an aromatic ring is 1. The second-order valence-corrected chi connectivity index (χ2v) is 3.70. The Morgan fingerprint density at radius 1 is 1.50 bits per heavy atom. The highest BCUT2D eigenvalue weighted by Gasteiger charge is 2.27. The number of hydrogen-bond acceptors (Lipinski definition) is 2. The molecular weight excluding hydrogens is 176 g/mol. The zero-order chi connectivity index (χ0) is 10.1. The fraction of sp³-hybridized carbons (Fsp3) is 0.364. The third-order valence-electron chi connectivity index (χ3n) is 2.56. The number of rotatable bonds is 2. The maximum Gasteiger partial charge on any atom is 0.251 e. The first kappa shape index (κ1) is 9.06. The number of amides is 1. The van der Waals surface area contributed by atoms with Gasteiger partial charge in [0, 0.05) is 18.3 Å². The van der Waals surface area contributed by atoms with Gasteiger partial charge in [0.15, 0.2) is 0 Å². The zero-order valence-electron chi connectivity index (χ0n) is 8.21. The van der Waals surface area contributed by atoms with Crippen LogP contribution in [0.2, 0.25) is 0 Å². The van der Waals surface area contributed by atoms with Crippen LogP contribution in [0.1, 0.15) is 34.7 Å². The maximum atomic E-state index is 11.5. The minimum Gasteiger partial charge on any atom is -0.399 e. The number of carbonyl (C=O) groups is 1. The fourth-order valence-electron chi connectivity index (χ4n) is 1.65. The Bertz CT molecular complexity index is 370. The number of nitrogens with two attached hydrogens (primary N) is 1. The SMILES string of the molecule is CNC(=O)c1ccc(N)cc1C1CC1. The summed E-state index contributed by atoms with van der Waals surface area (Å²) in [7, 11) is 1.65. The third kappa shape index (κ3) is 1.58. The maximum absolute atomic E-state index is 11.5. The van der Waals surface area contributed by atoms with Gasteiger partial charge in [0.2, 0.25) is 0 Å². The molecule has 14 heavy (non-hydrogen) atoms. The first-order valence-corrected chi connectivity index (χ1v) is 4.84. The van der Waals surface area contributed by atoms with E-state index in [2.05, 4.69) is 5.32 Å². The highest BCUT2D eigenvalue weighted by atomic mass is 16.1. The second-order valence-electron chi connectivity index (χ2n) is 3.70. The molecule has 0 spiro atoms. The molecule has 0 unspecified atom stereocenters. The molecule has 1 aliphatic carbocycles. The minimum atomic E-state index is -0.0214. The van der Waals surface area contributed by atoms with Gasteiger partial charge in [-0.3, -0.25) is 4.79 Å². The molecule has 3 heteroatoms. The van der Waals surface area contributed by atoms with Crippen molar-refractivity contribution in [3.8, 4) is 0 Å². The monoisotopic (exact) mass is 190 g/mol. The standard InChI is InChI=1S/C11H14N2O/c1-13-11(14)9-5-4-8(12)6-10(9)7-2-3-7/h4-7H,2-3,12H2,1H3,(H,13,14). The highest BCUT2D eigenvalue weighted by molar-refractivity contribution is 5.96. The molecular formula is C11H14N2O. The Morgan fingerprint density at radius 3 is 2.79 bits per heavy atom. The van der Waals surface area contributed by atoms with Crippen LogP contribution in [0.3, 0.4) is 0 Å². The van der Waals surface area contributed by atoms with Crippen molar-refractivity contribution in [1.29, 1.82) is 0 Å². The molecule has 0 heterocycles. The van der Waals surface area contributed by atoms with Gasteiger partial charge in [-0.2, -0.15) is 0 Å². The average Bonchev–Trinajstić information content (AvgIpc) is 3.00. The normalized spacial score (nSPS) is 15.2. The van der Waals surface area contributed by atoms with Gasteiger partial charge in [-0.1, -0.05) is 0 Å². The molecule has 0 aromatic heterocycles. The summed E-state index contributed by atoms with van der Waals surface area (Å²) in [6, 6.07) is 5.50. The van der Waals surface area contributed by atoms with Gasteiger partial charge in [-0.05, 0) is 42.5 Å². The van der Waals surface area contributed by atoms with E-state index in [1.54, 1.807) is 13.1 Å². The summed E-state index contributed by atoms with van der Waals surface area (Å²) in [5, 5.41) is 2.64. The molecule has 1 fully saturated rings. The molecule has 0 radical (unpaired) electrons. The van der Waals surface area contributed by atoms with Crippen molar-refractivity contribution in [2.75, 3.05) is 12.8 Å². The molecule has 0 aliphatic heterocycles. The van der Waals surface area contributed by atoms with E-state index in [9.17, 15) is 4.79 Å². The number of anilines is 1. The summed E-state index contributed by atoms with van der Waals surface area (Å²) in [4.78, 5) is 11.5. The molecule has 1 aromatic rings. The minimum absolute atomic E-state index is 0.0214. The van der Waals surface area contributed by atoms with Gasteiger partial charge in [-0.25, -0.2) is 0 Å². The predicted octanol–water partition coefficient (Wildman–Crippen LogP) is 1.51. The molecule has 1 aliphatic rings. The lowest BCUT2D eigenvalue weighted by atomic mass is 10.0. The first-order valence-electron chi connectivity index (χ1n) is 4.84. The van der Waals surface area contributed by atoms with Crippen molar-refractivity contribution in [2.24, 2.45) is 0 Å². The van der Waals surface area contributed by atoms with Gasteiger partial charge < -0.3 is 11.1 Å². The zero-order valence-corrected chi connectivity index (χ0v) is 8.21. The molecule has 2 rings (SSSR count). The van der Waals surface area contributed by atoms with E-state index in [0.29, 0.717) is 5.92 Å². The van der Waals surface area contributed by atoms with Crippen LogP contribution in [0.15, 0.2) is 18.2 Å². The van der Waals surface area contributed by atoms with Gasteiger partial charge >= 0.3 is 0 Å². The van der Waals surface area contributed by atoms with Crippen molar-refractivity contribution in [3.05, 3.63) is 29.3 Å². The topological polar surface area (TPSA) is 55.1 Å². The molecule has 0 bridgehead atoms. The Morgan fingerprint density at radius 2 is 2.21 bits per heavy atom. The van der Waals surface area contributed by atoms with Crippen molar-refractivity contribution in [3.63, 3.8) is 0 Å². The van der Waals surface area contributed by atoms with E-state index in [4.69, 9.17) is 5.73 Å². The number of benzene rings is 1. The fourth-order valence-corrected chi connectivity index (χ4v) is 1.65. The Labute approximate surface area is 83.3 Å². The molecule has 0 atom stereocenters. The van der Waals surface area contributed by atoms with Crippen LogP contribution in [0.25, 0.3) is 0 Å². The Balaban J connectivity index is 2.42. The van der Waals surface area contributed by atoms with E-state index in [1.807, 2.05) is 12.1 Å². The average molecular weight is 190 g/mol. The molecule has 1 aromatic carbocycles. The van der Waals surface area contributed by atoms with Gasteiger partial charge in [0.05, 0.1) is 0 Å². The molecule has 3 nitrogen and oxygen atoms in total. The molecule has 1 amide bonds. The number of carbonyl (C=O) groups excluding carboxylic acids is 1. The van der Waals surface area contributed by atoms with E-state index < -0.39 is 0 Å². The lowest BCUT2D eigenvalue weighted by Crippen LogP contribution is -2.19. The molecule has 74 valence electrons. The number of hydrogen-bond donors (Lipinski definition) is 2. The van der Waals surface area contributed by atoms with Crippen LogP contribution in [0.5, 0.6) is 0 Å². The van der Waals surface area contributed by atoms with Crippen molar-refractivity contribution >= 4 is 11.6 Å². The van der Waals surface area contributed by atoms with Crippen LogP contribution in [0, 0.1) is 0 Å². The summed E-state index contributed by atoms with van der Waals surface area (Å²) >= 11 is 0. The predicted molar refractivity (Wildman–Crippen MR) is 56.2 cm³/mol. The molecule has 0 saturated heterocycles. The van der Waals surface area contributed by atoms with Gasteiger partial charge in [0.1, 0.15) is 0 Å². The van der Waals surface area contributed by atoms with Crippen LogP contribution in [-0.2, 0) is 0 Å². The van der Waals surface area contributed by atoms with Crippen LogP contribution in [0.4, 0.5) is 5.69 Å². The third-order valence-corrected chi connectivity index (χ3v) is 2.56. The number of nitrogens with one attached hydrogen (secondary N) is 1. The molecule has 3 N–H and O–H groups in total. The van der Waals surface area contributed by atoms with E-state index in [1.165, 1.54) is 12.8 Å². The van der Waals surface area contributed by atoms with E-state index in [-0.39, 0.29) is 5.91 Å². The highest BCUT2D eigenvalue weighted by Crippen LogP contribution is 2.42. The first-order chi connectivity index (χ1) is 6.72. The summed E-state index contributed by atoms with van der Waals surface area (Å²) < 4.78 is 0. The lowest BCUT2D eigenvalue weighted by molar-refractivity contribution is 0.0962. The van der Waals surface area contributed by atoms with Crippen LogP contribution < -0.4 is 11.1 Å². The largest absolute Gasteiger partial charge is 0.399 e. The lowest BCUT2D eigenvalue weighted by Gasteiger charge is -2.07. The smallest absolute Gasteiger partial charge is 0.251 e. The molecule has 1 saturated carbocycles. The van der Waals surface area contributed by atoms with Gasteiger partial charge in [0.25, 0.3) is 5.91 Å². The second kappa shape index (κ2) is 3.33. The Hall–Kier alpha value is -1.51. The summed E-state index contributed by atoms with van der Waals surface area (Å²) in [6.07, 6.45) is 2.35. The van der Waals surface area contributed by atoms with E-state index in [0.717, 1.165) is 16.8 Å². The Kier molecular flexibility index (Phi) is 2.15. The van der Waals surface area contributed by atoms with Gasteiger partial charge in [-0.15, -0.1) is 0 Å². The summed E-state index contributed by atoms with van der Waals surface area (Å²) in [6.45, 7) is 0. The quantitative estimate of drug-likeness (QED) is 0.694. The van der Waals surface area contributed by atoms with Crippen LogP contribution >= 0.6 is 0 Å². The summed E-state index contributed by atoms with van der Waals surface area (Å²) in [5.74, 6) is 0.526.